The van der Waals surface area contributed by atoms with Crippen molar-refractivity contribution in [3.63, 3.8) is 0 Å². The molecule has 2 N–H and O–H groups in total. The summed E-state index contributed by atoms with van der Waals surface area (Å²) in [6.07, 6.45) is 0.962. The van der Waals surface area contributed by atoms with Gasteiger partial charge < -0.3 is 15.1 Å². The number of phenolic OH excluding ortho intramolecular Hbond substituents is 1. The molecule has 2 aromatic rings. The molecule has 120 valence electrons. The fourth-order valence-electron chi connectivity index (χ4n) is 2.43. The first-order valence-corrected chi connectivity index (χ1v) is 7.37. The second-order valence-corrected chi connectivity index (χ2v) is 5.30. The average Bonchev–Trinajstić information content (AvgIpc) is 2.54. The van der Waals surface area contributed by atoms with E-state index in [0.717, 1.165) is 18.7 Å². The van der Waals surface area contributed by atoms with Gasteiger partial charge in [-0.3, -0.25) is 4.79 Å². The van der Waals surface area contributed by atoms with Crippen LogP contribution in [-0.2, 0) is 0 Å². The van der Waals surface area contributed by atoms with Crippen molar-refractivity contribution >= 4 is 17.4 Å². The number of ketones is 1. The number of carboxylic acids is 1. The first kappa shape index (κ1) is 16.5. The van der Waals surface area contributed by atoms with Gasteiger partial charge in [-0.25, -0.2) is 4.79 Å². The van der Waals surface area contributed by atoms with Crippen molar-refractivity contribution in [3.05, 3.63) is 59.2 Å². The molecule has 0 heterocycles. The van der Waals surface area contributed by atoms with E-state index in [9.17, 15) is 19.8 Å². The maximum Gasteiger partial charge on any atom is 0.336 e. The van der Waals surface area contributed by atoms with Crippen LogP contribution in [0.25, 0.3) is 0 Å². The van der Waals surface area contributed by atoms with Crippen LogP contribution in [0.2, 0.25) is 0 Å². The minimum atomic E-state index is -1.17. The Labute approximate surface area is 134 Å². The molecule has 5 nitrogen and oxygen atoms in total. The van der Waals surface area contributed by atoms with Gasteiger partial charge in [0.25, 0.3) is 0 Å². The van der Waals surface area contributed by atoms with E-state index in [1.807, 2.05) is 11.9 Å². The Morgan fingerprint density at radius 3 is 2.26 bits per heavy atom. The van der Waals surface area contributed by atoms with Gasteiger partial charge in [-0.2, -0.15) is 0 Å². The molecule has 0 amide bonds. The molecule has 0 saturated carbocycles. The van der Waals surface area contributed by atoms with Crippen LogP contribution in [0.1, 0.15) is 39.6 Å². The predicted octanol–water partition coefficient (Wildman–Crippen LogP) is 3.17. The number of aromatic hydroxyl groups is 1. The van der Waals surface area contributed by atoms with Gasteiger partial charge >= 0.3 is 5.97 Å². The maximum atomic E-state index is 12.6. The standard InChI is InChI=1S/C18H19NO4/c1-3-10-19(2)12-8-9-15(16(20)11-12)17(21)13-6-4-5-7-14(13)18(22)23/h4-9,11,20H,3,10H2,1-2H3,(H,22,23). The third-order valence-electron chi connectivity index (χ3n) is 3.63. The smallest absolute Gasteiger partial charge is 0.336 e. The summed E-state index contributed by atoms with van der Waals surface area (Å²) in [5.74, 6) is -1.84. The molecule has 5 heteroatoms. The Kier molecular flexibility index (Phi) is 5.01. The molecule has 2 aromatic carbocycles. The third-order valence-corrected chi connectivity index (χ3v) is 3.63. The number of carbonyl (C=O) groups is 2. The quantitative estimate of drug-likeness (QED) is 0.801. The molecule has 0 unspecified atom stereocenters. The number of carboxylic acid groups (broad SMARTS) is 1. The summed E-state index contributed by atoms with van der Waals surface area (Å²) < 4.78 is 0. The molecule has 0 spiro atoms. The highest BCUT2D eigenvalue weighted by Gasteiger charge is 2.20. The SMILES string of the molecule is CCCN(C)c1ccc(C(=O)c2ccccc2C(=O)O)c(O)c1. The molecule has 0 aliphatic heterocycles. The number of carbonyl (C=O) groups excluding carboxylic acids is 1. The molecule has 2 rings (SSSR count). The number of phenols is 1. The number of rotatable bonds is 6. The largest absolute Gasteiger partial charge is 0.507 e. The summed E-state index contributed by atoms with van der Waals surface area (Å²) in [5.41, 5.74) is 0.869. The van der Waals surface area contributed by atoms with Gasteiger partial charge in [0.2, 0.25) is 0 Å². The van der Waals surface area contributed by atoms with Crippen LogP contribution in [0.15, 0.2) is 42.5 Å². The van der Waals surface area contributed by atoms with E-state index in [0.29, 0.717) is 0 Å². The minimum absolute atomic E-state index is 0.0602. The molecule has 0 aliphatic rings. The Morgan fingerprint density at radius 2 is 1.70 bits per heavy atom. The second kappa shape index (κ2) is 6.96. The van der Waals surface area contributed by atoms with Crippen LogP contribution in [0.4, 0.5) is 5.69 Å². The first-order valence-electron chi connectivity index (χ1n) is 7.37. The molecule has 0 saturated heterocycles. The summed E-state index contributed by atoms with van der Waals surface area (Å²) in [4.78, 5) is 25.8. The van der Waals surface area contributed by atoms with Gasteiger partial charge in [-0.05, 0) is 24.6 Å². The molecule has 0 fully saturated rings. The summed E-state index contributed by atoms with van der Waals surface area (Å²) >= 11 is 0. The van der Waals surface area contributed by atoms with Crippen LogP contribution < -0.4 is 4.90 Å². The van der Waals surface area contributed by atoms with Crippen molar-refractivity contribution in [2.45, 2.75) is 13.3 Å². The van der Waals surface area contributed by atoms with Gasteiger partial charge in [-0.1, -0.05) is 25.1 Å². The van der Waals surface area contributed by atoms with Gasteiger partial charge in [0.1, 0.15) is 5.75 Å². The van der Waals surface area contributed by atoms with Gasteiger partial charge in [0.15, 0.2) is 5.78 Å². The maximum absolute atomic E-state index is 12.6. The van der Waals surface area contributed by atoms with Crippen LogP contribution >= 0.6 is 0 Å². The lowest BCUT2D eigenvalue weighted by atomic mass is 9.97. The van der Waals surface area contributed by atoms with E-state index >= 15 is 0 Å². The van der Waals surface area contributed by atoms with E-state index < -0.39 is 11.8 Å². The molecule has 0 aromatic heterocycles. The highest BCUT2D eigenvalue weighted by Crippen LogP contribution is 2.27. The number of hydrogen-bond donors (Lipinski definition) is 2. The lowest BCUT2D eigenvalue weighted by Gasteiger charge is -2.19. The molecule has 0 bridgehead atoms. The highest BCUT2D eigenvalue weighted by molar-refractivity contribution is 6.15. The molecule has 23 heavy (non-hydrogen) atoms. The predicted molar refractivity (Wildman–Crippen MR) is 88.5 cm³/mol. The minimum Gasteiger partial charge on any atom is -0.507 e. The zero-order chi connectivity index (χ0) is 17.0. The first-order chi connectivity index (χ1) is 11.0. The fraction of sp³-hybridized carbons (Fsp3) is 0.222. The summed E-state index contributed by atoms with van der Waals surface area (Å²) in [6, 6.07) is 10.8. The number of benzene rings is 2. The van der Waals surface area contributed by atoms with Crippen LogP contribution in [0.5, 0.6) is 5.75 Å². The van der Waals surface area contributed by atoms with Crippen LogP contribution in [0.3, 0.4) is 0 Å². The Morgan fingerprint density at radius 1 is 1.04 bits per heavy atom. The number of aromatic carboxylic acids is 1. The molecular weight excluding hydrogens is 294 g/mol. The topological polar surface area (TPSA) is 77.8 Å². The van der Waals surface area contributed by atoms with Crippen molar-refractivity contribution < 1.29 is 19.8 Å². The van der Waals surface area contributed by atoms with Crippen molar-refractivity contribution in [2.24, 2.45) is 0 Å². The van der Waals surface area contributed by atoms with Crippen LogP contribution in [-0.4, -0.2) is 35.6 Å². The summed E-state index contributed by atoms with van der Waals surface area (Å²) in [5, 5.41) is 19.4. The average molecular weight is 313 g/mol. The zero-order valence-electron chi connectivity index (χ0n) is 13.1. The molecular formula is C18H19NO4. The normalized spacial score (nSPS) is 10.3. The second-order valence-electron chi connectivity index (χ2n) is 5.30. The molecule has 0 radical (unpaired) electrons. The number of hydrogen-bond acceptors (Lipinski definition) is 4. The van der Waals surface area contributed by atoms with E-state index in [1.54, 1.807) is 18.2 Å². The monoisotopic (exact) mass is 313 g/mol. The number of anilines is 1. The van der Waals surface area contributed by atoms with E-state index in [1.165, 1.54) is 24.3 Å². The van der Waals surface area contributed by atoms with Crippen molar-refractivity contribution in [1.29, 1.82) is 0 Å². The van der Waals surface area contributed by atoms with E-state index in [2.05, 4.69) is 6.92 Å². The Hall–Kier alpha value is -2.82. The highest BCUT2D eigenvalue weighted by atomic mass is 16.4. The van der Waals surface area contributed by atoms with Crippen LogP contribution in [0, 0.1) is 0 Å². The van der Waals surface area contributed by atoms with Crippen molar-refractivity contribution in [2.75, 3.05) is 18.5 Å². The van der Waals surface area contributed by atoms with Crippen molar-refractivity contribution in [1.82, 2.24) is 0 Å². The number of nitrogens with zero attached hydrogens (tertiary/aromatic N) is 1. The zero-order valence-corrected chi connectivity index (χ0v) is 13.1. The lowest BCUT2D eigenvalue weighted by Crippen LogP contribution is -2.17. The van der Waals surface area contributed by atoms with E-state index in [4.69, 9.17) is 0 Å². The molecule has 0 aliphatic carbocycles. The Bertz CT molecular complexity index is 740. The third kappa shape index (κ3) is 3.51. The van der Waals surface area contributed by atoms with E-state index in [-0.39, 0.29) is 22.4 Å². The van der Waals surface area contributed by atoms with Gasteiger partial charge in [0.05, 0.1) is 11.1 Å². The summed E-state index contributed by atoms with van der Waals surface area (Å²) in [7, 11) is 1.90. The summed E-state index contributed by atoms with van der Waals surface area (Å²) in [6.45, 7) is 2.88. The van der Waals surface area contributed by atoms with Crippen molar-refractivity contribution in [3.8, 4) is 5.75 Å². The Balaban J connectivity index is 2.39. The lowest BCUT2D eigenvalue weighted by molar-refractivity contribution is 0.0692. The van der Waals surface area contributed by atoms with Gasteiger partial charge in [-0.15, -0.1) is 0 Å². The fourth-order valence-corrected chi connectivity index (χ4v) is 2.43. The van der Waals surface area contributed by atoms with Gasteiger partial charge in [0, 0.05) is 30.9 Å². The molecule has 0 atom stereocenters.